The third kappa shape index (κ3) is 3.21. The fourth-order valence-electron chi connectivity index (χ4n) is 1.81. The lowest BCUT2D eigenvalue weighted by atomic mass is 10.4. The number of anilines is 2. The summed E-state index contributed by atoms with van der Waals surface area (Å²) in [5, 5.41) is 4.02. The average molecular weight is 253 g/mol. The van der Waals surface area contributed by atoms with Gasteiger partial charge in [-0.25, -0.2) is 0 Å². The van der Waals surface area contributed by atoms with Crippen molar-refractivity contribution in [1.29, 1.82) is 0 Å². The molecule has 94 valence electrons. The summed E-state index contributed by atoms with van der Waals surface area (Å²) >= 11 is 1.56. The molecule has 0 spiro atoms. The van der Waals surface area contributed by atoms with Gasteiger partial charge in [0.1, 0.15) is 0 Å². The Hall–Kier alpha value is -1.04. The highest BCUT2D eigenvalue weighted by atomic mass is 32.2. The van der Waals surface area contributed by atoms with Crippen LogP contribution < -0.4 is 10.2 Å². The van der Waals surface area contributed by atoms with Crippen molar-refractivity contribution in [3.8, 4) is 0 Å². The fourth-order valence-corrected chi connectivity index (χ4v) is 2.16. The van der Waals surface area contributed by atoms with Gasteiger partial charge in [0.15, 0.2) is 5.16 Å². The Labute approximate surface area is 106 Å². The van der Waals surface area contributed by atoms with Crippen LogP contribution >= 0.6 is 11.8 Å². The van der Waals surface area contributed by atoms with Crippen molar-refractivity contribution < 1.29 is 0 Å². The summed E-state index contributed by atoms with van der Waals surface area (Å²) < 4.78 is 0. The van der Waals surface area contributed by atoms with E-state index in [4.69, 9.17) is 0 Å². The third-order valence-corrected chi connectivity index (χ3v) is 3.26. The van der Waals surface area contributed by atoms with Gasteiger partial charge in [0.05, 0.1) is 0 Å². The Morgan fingerprint density at radius 2 is 2.00 bits per heavy atom. The SMILES string of the molecule is CCCNc1nc(SC)nc(N2CCCC2)n1. The smallest absolute Gasteiger partial charge is 0.231 e. The van der Waals surface area contributed by atoms with Crippen molar-refractivity contribution in [3.63, 3.8) is 0 Å². The lowest BCUT2D eigenvalue weighted by Gasteiger charge is -2.16. The highest BCUT2D eigenvalue weighted by molar-refractivity contribution is 7.98. The number of nitrogens with zero attached hydrogens (tertiary/aromatic N) is 4. The van der Waals surface area contributed by atoms with Crippen molar-refractivity contribution >= 4 is 23.7 Å². The second-order valence-electron chi connectivity index (χ2n) is 4.07. The molecule has 2 heterocycles. The zero-order valence-corrected chi connectivity index (χ0v) is 11.3. The van der Waals surface area contributed by atoms with Gasteiger partial charge in [-0.05, 0) is 25.5 Å². The molecule has 1 saturated heterocycles. The van der Waals surface area contributed by atoms with E-state index in [1.165, 1.54) is 12.8 Å². The summed E-state index contributed by atoms with van der Waals surface area (Å²) in [6.07, 6.45) is 5.53. The van der Waals surface area contributed by atoms with Gasteiger partial charge >= 0.3 is 0 Å². The molecule has 0 bridgehead atoms. The fraction of sp³-hybridized carbons (Fsp3) is 0.727. The van der Waals surface area contributed by atoms with E-state index in [1.807, 2.05) is 6.26 Å². The quantitative estimate of drug-likeness (QED) is 0.810. The molecule has 0 aromatic carbocycles. The lowest BCUT2D eigenvalue weighted by molar-refractivity contribution is 0.821. The first-order chi connectivity index (χ1) is 8.33. The molecule has 1 aliphatic heterocycles. The maximum atomic E-state index is 4.48. The van der Waals surface area contributed by atoms with Crippen molar-refractivity contribution in [3.05, 3.63) is 0 Å². The Morgan fingerprint density at radius 3 is 2.65 bits per heavy atom. The molecule has 0 saturated carbocycles. The molecule has 2 rings (SSSR count). The number of nitrogens with one attached hydrogen (secondary N) is 1. The second-order valence-corrected chi connectivity index (χ2v) is 4.84. The molecule has 1 aromatic heterocycles. The summed E-state index contributed by atoms with van der Waals surface area (Å²) in [6.45, 7) is 5.15. The van der Waals surface area contributed by atoms with Gasteiger partial charge in [0.2, 0.25) is 11.9 Å². The van der Waals surface area contributed by atoms with Gasteiger partial charge in [0, 0.05) is 19.6 Å². The first-order valence-corrected chi connectivity index (χ1v) is 7.35. The maximum Gasteiger partial charge on any atom is 0.231 e. The van der Waals surface area contributed by atoms with Crippen LogP contribution in [0.5, 0.6) is 0 Å². The number of hydrogen-bond donors (Lipinski definition) is 1. The van der Waals surface area contributed by atoms with Gasteiger partial charge in [-0.3, -0.25) is 0 Å². The van der Waals surface area contributed by atoms with Crippen molar-refractivity contribution in [1.82, 2.24) is 15.0 Å². The summed E-state index contributed by atoms with van der Waals surface area (Å²) in [5.41, 5.74) is 0. The molecule has 1 aromatic rings. The third-order valence-electron chi connectivity index (χ3n) is 2.71. The van der Waals surface area contributed by atoms with Crippen LogP contribution in [0.15, 0.2) is 5.16 Å². The average Bonchev–Trinajstić information content (AvgIpc) is 2.89. The van der Waals surface area contributed by atoms with E-state index in [9.17, 15) is 0 Å². The second kappa shape index (κ2) is 6.05. The van der Waals surface area contributed by atoms with Gasteiger partial charge in [-0.15, -0.1) is 0 Å². The molecule has 1 N–H and O–H groups in total. The minimum atomic E-state index is 0.702. The van der Waals surface area contributed by atoms with Crippen LogP contribution in [0.2, 0.25) is 0 Å². The minimum absolute atomic E-state index is 0.702. The molecule has 0 atom stereocenters. The predicted octanol–water partition coefficient (Wildman–Crippen LogP) is 2.02. The standard InChI is InChI=1S/C11H19N5S/c1-3-6-12-9-13-10(15-11(14-9)17-2)16-7-4-5-8-16/h3-8H2,1-2H3,(H,12,13,14,15). The normalized spacial score (nSPS) is 15.3. The maximum absolute atomic E-state index is 4.48. The molecule has 0 radical (unpaired) electrons. The Bertz CT molecular complexity index is 365. The largest absolute Gasteiger partial charge is 0.354 e. The lowest BCUT2D eigenvalue weighted by Crippen LogP contribution is -2.22. The molecule has 1 aliphatic rings. The summed E-state index contributed by atoms with van der Waals surface area (Å²) in [7, 11) is 0. The van der Waals surface area contributed by atoms with E-state index < -0.39 is 0 Å². The molecule has 6 heteroatoms. The van der Waals surface area contributed by atoms with Crippen LogP contribution in [-0.4, -0.2) is 40.8 Å². The Morgan fingerprint density at radius 1 is 1.24 bits per heavy atom. The highest BCUT2D eigenvalue weighted by Crippen LogP contribution is 2.20. The van der Waals surface area contributed by atoms with Crippen molar-refractivity contribution in [2.24, 2.45) is 0 Å². The van der Waals surface area contributed by atoms with E-state index in [2.05, 4.69) is 32.1 Å². The molecule has 0 amide bonds. The van der Waals surface area contributed by atoms with Gasteiger partial charge in [0.25, 0.3) is 0 Å². The van der Waals surface area contributed by atoms with E-state index >= 15 is 0 Å². The van der Waals surface area contributed by atoms with E-state index in [0.717, 1.165) is 37.2 Å². The molecule has 0 aliphatic carbocycles. The first-order valence-electron chi connectivity index (χ1n) is 6.12. The summed E-state index contributed by atoms with van der Waals surface area (Å²) in [6, 6.07) is 0. The Kier molecular flexibility index (Phi) is 4.42. The molecule has 1 fully saturated rings. The van der Waals surface area contributed by atoms with E-state index in [0.29, 0.717) is 5.95 Å². The predicted molar refractivity (Wildman–Crippen MR) is 71.8 cm³/mol. The van der Waals surface area contributed by atoms with E-state index in [1.54, 1.807) is 11.8 Å². The minimum Gasteiger partial charge on any atom is -0.354 e. The van der Waals surface area contributed by atoms with Crippen LogP contribution in [0.4, 0.5) is 11.9 Å². The monoisotopic (exact) mass is 253 g/mol. The van der Waals surface area contributed by atoms with Crippen LogP contribution in [0.3, 0.4) is 0 Å². The topological polar surface area (TPSA) is 53.9 Å². The number of hydrogen-bond acceptors (Lipinski definition) is 6. The Balaban J connectivity index is 2.18. The van der Waals surface area contributed by atoms with Gasteiger partial charge < -0.3 is 10.2 Å². The van der Waals surface area contributed by atoms with Crippen LogP contribution in [-0.2, 0) is 0 Å². The zero-order chi connectivity index (χ0) is 12.1. The first kappa shape index (κ1) is 12.4. The molecule has 0 unspecified atom stereocenters. The van der Waals surface area contributed by atoms with Gasteiger partial charge in [-0.2, -0.15) is 15.0 Å². The van der Waals surface area contributed by atoms with Crippen molar-refractivity contribution in [2.75, 3.05) is 36.1 Å². The van der Waals surface area contributed by atoms with Gasteiger partial charge in [-0.1, -0.05) is 18.7 Å². The number of thioether (sulfide) groups is 1. The van der Waals surface area contributed by atoms with Crippen molar-refractivity contribution in [2.45, 2.75) is 31.3 Å². The summed E-state index contributed by atoms with van der Waals surface area (Å²) in [5.74, 6) is 1.52. The van der Waals surface area contributed by atoms with Crippen LogP contribution in [0.1, 0.15) is 26.2 Å². The number of rotatable bonds is 5. The van der Waals surface area contributed by atoms with Crippen LogP contribution in [0, 0.1) is 0 Å². The summed E-state index contributed by atoms with van der Waals surface area (Å²) in [4.78, 5) is 15.5. The molecular formula is C11H19N5S. The zero-order valence-electron chi connectivity index (χ0n) is 10.4. The van der Waals surface area contributed by atoms with Crippen LogP contribution in [0.25, 0.3) is 0 Å². The molecular weight excluding hydrogens is 234 g/mol. The number of aromatic nitrogens is 3. The molecule has 17 heavy (non-hydrogen) atoms. The molecule has 5 nitrogen and oxygen atoms in total. The van der Waals surface area contributed by atoms with E-state index in [-0.39, 0.29) is 0 Å². The highest BCUT2D eigenvalue weighted by Gasteiger charge is 2.16.